The van der Waals surface area contributed by atoms with Crippen molar-refractivity contribution in [1.82, 2.24) is 10.6 Å². The van der Waals surface area contributed by atoms with Gasteiger partial charge in [-0.15, -0.1) is 0 Å². The van der Waals surface area contributed by atoms with E-state index in [2.05, 4.69) is 10.6 Å². The molecule has 0 saturated carbocycles. The molecule has 6 nitrogen and oxygen atoms in total. The van der Waals surface area contributed by atoms with Crippen molar-refractivity contribution < 1.29 is 19.8 Å². The average Bonchev–Trinajstić information content (AvgIpc) is 3.11. The maximum Gasteiger partial charge on any atom is 0.236 e. The van der Waals surface area contributed by atoms with E-state index in [9.17, 15) is 19.8 Å². The molecule has 0 spiro atoms. The van der Waals surface area contributed by atoms with E-state index in [-0.39, 0.29) is 0 Å². The van der Waals surface area contributed by atoms with Gasteiger partial charge in [0.2, 0.25) is 11.8 Å². The maximum atomic E-state index is 14.9. The SMILES string of the molecule is CCCC(CCC)(C(=O)N[C@@H](c1cccc2ccccc12)C(O)(CC)CC)C(=O)N[C@@H](c1cccc2ccccc12)C(O)(CC)CC. The summed E-state index contributed by atoms with van der Waals surface area (Å²) in [6.45, 7) is 11.7. The van der Waals surface area contributed by atoms with Gasteiger partial charge in [-0.05, 0) is 71.2 Å². The van der Waals surface area contributed by atoms with Crippen LogP contribution in [0.3, 0.4) is 0 Å². The second kappa shape index (κ2) is 15.4. The van der Waals surface area contributed by atoms with Crippen molar-refractivity contribution in [2.45, 2.75) is 116 Å². The Morgan fingerprint density at radius 2 is 0.894 bits per heavy atom. The van der Waals surface area contributed by atoms with Gasteiger partial charge in [-0.3, -0.25) is 9.59 Å². The lowest BCUT2D eigenvalue weighted by atomic mass is 9.74. The highest BCUT2D eigenvalue weighted by molar-refractivity contribution is 6.05. The van der Waals surface area contributed by atoms with Crippen molar-refractivity contribution in [1.29, 1.82) is 0 Å². The van der Waals surface area contributed by atoms with E-state index in [1.54, 1.807) is 0 Å². The molecule has 0 aromatic heterocycles. The number of nitrogens with one attached hydrogen (secondary N) is 2. The lowest BCUT2D eigenvalue weighted by Crippen LogP contribution is -2.57. The Morgan fingerprint density at radius 3 is 1.23 bits per heavy atom. The largest absolute Gasteiger partial charge is 0.387 e. The molecule has 6 heteroatoms. The van der Waals surface area contributed by atoms with E-state index in [1.165, 1.54) is 0 Å². The first kappa shape index (κ1) is 36.1. The Balaban J connectivity index is 1.84. The number of hydrogen-bond donors (Lipinski definition) is 4. The summed E-state index contributed by atoms with van der Waals surface area (Å²) in [6.07, 6.45) is 3.55. The number of amides is 2. The summed E-state index contributed by atoms with van der Waals surface area (Å²) in [6, 6.07) is 26.3. The molecular formula is C41H54N2O4. The minimum absolute atomic E-state index is 0.330. The third-order valence-corrected chi connectivity index (χ3v) is 10.6. The predicted molar refractivity (Wildman–Crippen MR) is 193 cm³/mol. The van der Waals surface area contributed by atoms with Crippen LogP contribution in [0.1, 0.15) is 116 Å². The number of carbonyl (C=O) groups excluding carboxylic acids is 2. The van der Waals surface area contributed by atoms with Crippen LogP contribution in [0.25, 0.3) is 21.5 Å². The minimum Gasteiger partial charge on any atom is -0.387 e. The quantitative estimate of drug-likeness (QED) is 0.0923. The second-order valence-electron chi connectivity index (χ2n) is 13.2. The monoisotopic (exact) mass is 638 g/mol. The van der Waals surface area contributed by atoms with Crippen LogP contribution in [0.4, 0.5) is 0 Å². The number of rotatable bonds is 16. The Hall–Kier alpha value is -3.74. The molecule has 2 amide bonds. The van der Waals surface area contributed by atoms with Gasteiger partial charge in [0, 0.05) is 0 Å². The molecule has 0 aliphatic rings. The Morgan fingerprint density at radius 1 is 0.553 bits per heavy atom. The summed E-state index contributed by atoms with van der Waals surface area (Å²) >= 11 is 0. The van der Waals surface area contributed by atoms with Crippen LogP contribution < -0.4 is 10.6 Å². The number of fused-ring (bicyclic) bond motifs is 2. The molecule has 0 heterocycles. The van der Waals surface area contributed by atoms with E-state index in [0.717, 1.165) is 32.7 Å². The van der Waals surface area contributed by atoms with Gasteiger partial charge in [0.25, 0.3) is 0 Å². The molecule has 4 aromatic carbocycles. The molecule has 0 bridgehead atoms. The van der Waals surface area contributed by atoms with Crippen LogP contribution in [0.5, 0.6) is 0 Å². The topological polar surface area (TPSA) is 98.7 Å². The molecule has 0 aliphatic heterocycles. The molecule has 0 aliphatic carbocycles. The normalized spacial score (nSPS) is 13.8. The Kier molecular flexibility index (Phi) is 11.9. The maximum absolute atomic E-state index is 14.9. The van der Waals surface area contributed by atoms with Crippen LogP contribution in [-0.2, 0) is 9.59 Å². The fraction of sp³-hybridized carbons (Fsp3) is 0.463. The Bertz CT molecular complexity index is 1520. The van der Waals surface area contributed by atoms with Crippen LogP contribution in [-0.4, -0.2) is 33.2 Å². The molecule has 4 aromatic rings. The molecule has 47 heavy (non-hydrogen) atoms. The lowest BCUT2D eigenvalue weighted by molar-refractivity contribution is -0.149. The molecular weight excluding hydrogens is 584 g/mol. The fourth-order valence-electron chi connectivity index (χ4n) is 7.40. The third-order valence-electron chi connectivity index (χ3n) is 10.6. The number of hydrogen-bond acceptors (Lipinski definition) is 4. The molecule has 0 unspecified atom stereocenters. The third kappa shape index (κ3) is 7.09. The van der Waals surface area contributed by atoms with Gasteiger partial charge in [0.1, 0.15) is 5.41 Å². The van der Waals surface area contributed by atoms with Crippen LogP contribution in [0, 0.1) is 5.41 Å². The van der Waals surface area contributed by atoms with Crippen molar-refractivity contribution >= 4 is 33.4 Å². The molecule has 252 valence electrons. The van der Waals surface area contributed by atoms with Gasteiger partial charge in [-0.2, -0.15) is 0 Å². The zero-order chi connectivity index (χ0) is 34.2. The van der Waals surface area contributed by atoms with Crippen molar-refractivity contribution in [2.24, 2.45) is 5.41 Å². The van der Waals surface area contributed by atoms with Gasteiger partial charge in [-0.25, -0.2) is 0 Å². The summed E-state index contributed by atoms with van der Waals surface area (Å²) in [5.74, 6) is -0.796. The number of aliphatic hydroxyl groups is 2. The first-order valence-corrected chi connectivity index (χ1v) is 17.6. The second-order valence-corrected chi connectivity index (χ2v) is 13.2. The average molecular weight is 639 g/mol. The summed E-state index contributed by atoms with van der Waals surface area (Å²) in [5.41, 5.74) is -2.25. The summed E-state index contributed by atoms with van der Waals surface area (Å²) in [5, 5.41) is 34.5. The smallest absolute Gasteiger partial charge is 0.236 e. The van der Waals surface area contributed by atoms with E-state index >= 15 is 0 Å². The predicted octanol–water partition coefficient (Wildman–Crippen LogP) is 8.70. The highest BCUT2D eigenvalue weighted by atomic mass is 16.3. The molecule has 4 N–H and O–H groups in total. The van der Waals surface area contributed by atoms with E-state index < -0.39 is 40.5 Å². The van der Waals surface area contributed by atoms with Crippen molar-refractivity contribution in [3.63, 3.8) is 0 Å². The fourth-order valence-corrected chi connectivity index (χ4v) is 7.40. The lowest BCUT2D eigenvalue weighted by Gasteiger charge is -2.41. The number of benzene rings is 4. The highest BCUT2D eigenvalue weighted by Gasteiger charge is 2.49. The van der Waals surface area contributed by atoms with Gasteiger partial charge >= 0.3 is 0 Å². The molecule has 2 atom stereocenters. The van der Waals surface area contributed by atoms with Crippen molar-refractivity contribution in [3.05, 3.63) is 96.1 Å². The number of carbonyl (C=O) groups is 2. The highest BCUT2D eigenvalue weighted by Crippen LogP contribution is 2.41. The summed E-state index contributed by atoms with van der Waals surface area (Å²) < 4.78 is 0. The van der Waals surface area contributed by atoms with Crippen molar-refractivity contribution in [2.75, 3.05) is 0 Å². The minimum atomic E-state index is -1.42. The van der Waals surface area contributed by atoms with E-state index in [4.69, 9.17) is 0 Å². The standard InChI is InChI=1S/C41H54N2O4/c1-7-27-39(28-8-2,37(44)42-35(40(46,9-3)10-4)33-25-17-21-29-19-13-15-23-31(29)33)38(45)43-36(41(47,11-5)12-6)34-26-18-22-30-20-14-16-24-32(30)34/h13-26,35-36,46-47H,7-12,27-28H2,1-6H3,(H,42,44)(H,43,45)/t35-,36-/m0/s1. The summed E-state index contributed by atoms with van der Waals surface area (Å²) in [4.78, 5) is 29.7. The molecule has 4 rings (SSSR count). The van der Waals surface area contributed by atoms with Crippen LogP contribution >= 0.6 is 0 Å². The molecule has 0 radical (unpaired) electrons. The van der Waals surface area contributed by atoms with Crippen LogP contribution in [0.15, 0.2) is 84.9 Å². The first-order chi connectivity index (χ1) is 22.6. The van der Waals surface area contributed by atoms with Crippen molar-refractivity contribution in [3.8, 4) is 0 Å². The van der Waals surface area contributed by atoms with E-state index in [1.807, 2.05) is 126 Å². The Labute approximate surface area is 281 Å². The zero-order valence-electron chi connectivity index (χ0n) is 29.1. The summed E-state index contributed by atoms with van der Waals surface area (Å²) in [7, 11) is 0. The van der Waals surface area contributed by atoms with Gasteiger partial charge in [-0.1, -0.05) is 139 Å². The molecule has 0 saturated heterocycles. The van der Waals surface area contributed by atoms with Crippen LogP contribution in [0.2, 0.25) is 0 Å². The van der Waals surface area contributed by atoms with Gasteiger partial charge < -0.3 is 20.8 Å². The van der Waals surface area contributed by atoms with E-state index in [0.29, 0.717) is 51.4 Å². The first-order valence-electron chi connectivity index (χ1n) is 17.6. The van der Waals surface area contributed by atoms with Gasteiger partial charge in [0.05, 0.1) is 23.3 Å². The van der Waals surface area contributed by atoms with Gasteiger partial charge in [0.15, 0.2) is 0 Å². The zero-order valence-corrected chi connectivity index (χ0v) is 29.1. The molecule has 0 fully saturated rings.